The number of hydrogen-bond donors (Lipinski definition) is 2. The molecule has 1 aliphatic rings. The van der Waals surface area contributed by atoms with Crippen molar-refractivity contribution >= 4 is 21.5 Å². The van der Waals surface area contributed by atoms with E-state index in [2.05, 4.69) is 17.3 Å². The van der Waals surface area contributed by atoms with Crippen molar-refractivity contribution in [2.75, 3.05) is 36.5 Å². The molecule has 0 saturated carbocycles. The summed E-state index contributed by atoms with van der Waals surface area (Å²) in [7, 11) is -3.41. The van der Waals surface area contributed by atoms with Gasteiger partial charge < -0.3 is 16.0 Å². The third-order valence-corrected chi connectivity index (χ3v) is 4.55. The van der Waals surface area contributed by atoms with Crippen LogP contribution in [-0.2, 0) is 9.84 Å². The number of sulfone groups is 1. The molecule has 1 atom stereocenters. The van der Waals surface area contributed by atoms with Gasteiger partial charge in [0.2, 0.25) is 0 Å². The second kappa shape index (κ2) is 5.25. The van der Waals surface area contributed by atoms with Crippen molar-refractivity contribution in [1.29, 1.82) is 0 Å². The lowest BCUT2D eigenvalue weighted by molar-refractivity contribution is 0.475. The lowest BCUT2D eigenvalue weighted by Crippen LogP contribution is -2.49. The number of aromatic nitrogens is 2. The molecule has 20 heavy (non-hydrogen) atoms. The first-order valence-corrected chi connectivity index (χ1v) is 8.67. The molecular formula is C12H23N5O2S. The number of nitrogens with zero attached hydrogens (tertiary/aromatic N) is 3. The van der Waals surface area contributed by atoms with Gasteiger partial charge >= 0.3 is 0 Å². The molecule has 0 amide bonds. The first kappa shape index (κ1) is 15.1. The van der Waals surface area contributed by atoms with Crippen molar-refractivity contribution in [3.63, 3.8) is 0 Å². The Hall–Kier alpha value is -1.28. The highest BCUT2D eigenvalue weighted by atomic mass is 32.2. The van der Waals surface area contributed by atoms with Crippen LogP contribution in [0.15, 0.2) is 4.90 Å². The molecule has 1 aromatic rings. The SMILES string of the molecule is CC(C)n1nc(N2CCN[C@@H](C)C2)c(S(C)(=O)=O)c1N. The number of rotatable bonds is 3. The van der Waals surface area contributed by atoms with E-state index in [0.717, 1.165) is 19.6 Å². The van der Waals surface area contributed by atoms with Gasteiger partial charge in [-0.05, 0) is 20.8 Å². The van der Waals surface area contributed by atoms with Crippen molar-refractivity contribution in [3.05, 3.63) is 0 Å². The Bertz CT molecular complexity index is 593. The Labute approximate surface area is 120 Å². The van der Waals surface area contributed by atoms with E-state index in [0.29, 0.717) is 11.9 Å². The predicted molar refractivity (Wildman–Crippen MR) is 79.8 cm³/mol. The van der Waals surface area contributed by atoms with Crippen molar-refractivity contribution in [3.8, 4) is 0 Å². The van der Waals surface area contributed by atoms with Crippen LogP contribution in [0.2, 0.25) is 0 Å². The fourth-order valence-corrected chi connectivity index (χ4v) is 3.48. The van der Waals surface area contributed by atoms with Crippen LogP contribution in [0.1, 0.15) is 26.8 Å². The summed E-state index contributed by atoms with van der Waals surface area (Å²) in [6.45, 7) is 8.17. The van der Waals surface area contributed by atoms with Crippen molar-refractivity contribution < 1.29 is 8.42 Å². The first-order chi connectivity index (χ1) is 9.21. The largest absolute Gasteiger partial charge is 0.383 e. The summed E-state index contributed by atoms with van der Waals surface area (Å²) < 4.78 is 25.7. The minimum Gasteiger partial charge on any atom is -0.383 e. The molecule has 1 aliphatic heterocycles. The molecule has 0 bridgehead atoms. The van der Waals surface area contributed by atoms with Gasteiger partial charge in [0, 0.05) is 38.0 Å². The molecule has 2 heterocycles. The third-order valence-electron chi connectivity index (χ3n) is 3.41. The molecule has 3 N–H and O–H groups in total. The molecule has 1 fully saturated rings. The molecule has 0 unspecified atom stereocenters. The number of nitrogens with two attached hydrogens (primary N) is 1. The molecule has 7 nitrogen and oxygen atoms in total. The number of piperazine rings is 1. The summed E-state index contributed by atoms with van der Waals surface area (Å²) in [4.78, 5) is 2.15. The molecule has 1 saturated heterocycles. The van der Waals surface area contributed by atoms with Crippen LogP contribution >= 0.6 is 0 Å². The molecule has 0 aliphatic carbocycles. The molecule has 0 spiro atoms. The van der Waals surface area contributed by atoms with Gasteiger partial charge in [-0.3, -0.25) is 0 Å². The van der Waals surface area contributed by atoms with Crippen LogP contribution in [0, 0.1) is 0 Å². The van der Waals surface area contributed by atoms with Crippen LogP contribution in [0.5, 0.6) is 0 Å². The summed E-state index contributed by atoms with van der Waals surface area (Å²) >= 11 is 0. The fraction of sp³-hybridized carbons (Fsp3) is 0.750. The predicted octanol–water partition coefficient (Wildman–Crippen LogP) is 0.248. The Morgan fingerprint density at radius 2 is 2.10 bits per heavy atom. The number of nitrogens with one attached hydrogen (secondary N) is 1. The minimum absolute atomic E-state index is 0.0181. The summed E-state index contributed by atoms with van der Waals surface area (Å²) in [5.74, 6) is 0.704. The fourth-order valence-electron chi connectivity index (χ4n) is 2.50. The van der Waals surface area contributed by atoms with Gasteiger partial charge in [-0.15, -0.1) is 0 Å². The summed E-state index contributed by atoms with van der Waals surface area (Å²) in [5.41, 5.74) is 6.01. The van der Waals surface area contributed by atoms with E-state index in [4.69, 9.17) is 5.73 Å². The topological polar surface area (TPSA) is 93.2 Å². The summed E-state index contributed by atoms with van der Waals surface area (Å²) in [5, 5.41) is 7.77. The van der Waals surface area contributed by atoms with E-state index >= 15 is 0 Å². The van der Waals surface area contributed by atoms with E-state index in [-0.39, 0.29) is 16.8 Å². The summed E-state index contributed by atoms with van der Waals surface area (Å²) in [6.07, 6.45) is 1.18. The van der Waals surface area contributed by atoms with E-state index in [1.54, 1.807) is 4.68 Å². The first-order valence-electron chi connectivity index (χ1n) is 6.78. The van der Waals surface area contributed by atoms with E-state index in [1.165, 1.54) is 6.26 Å². The molecular weight excluding hydrogens is 278 g/mol. The zero-order chi connectivity index (χ0) is 15.1. The molecule has 2 rings (SSSR count). The van der Waals surface area contributed by atoms with E-state index in [1.807, 2.05) is 18.7 Å². The summed E-state index contributed by atoms with van der Waals surface area (Å²) in [6, 6.07) is 0.311. The third kappa shape index (κ3) is 2.76. The van der Waals surface area contributed by atoms with Gasteiger partial charge in [-0.2, -0.15) is 5.10 Å². The maximum absolute atomic E-state index is 12.1. The van der Waals surface area contributed by atoms with Gasteiger partial charge in [0.05, 0.1) is 0 Å². The highest BCUT2D eigenvalue weighted by Gasteiger charge is 2.30. The highest BCUT2D eigenvalue weighted by molar-refractivity contribution is 7.91. The van der Waals surface area contributed by atoms with Gasteiger partial charge in [0.1, 0.15) is 5.82 Å². The second-order valence-corrected chi connectivity index (χ2v) is 7.60. The van der Waals surface area contributed by atoms with Gasteiger partial charge in [-0.25, -0.2) is 13.1 Å². The molecule has 0 aromatic carbocycles. The number of nitrogen functional groups attached to an aromatic ring is 1. The van der Waals surface area contributed by atoms with E-state index in [9.17, 15) is 8.42 Å². The lowest BCUT2D eigenvalue weighted by atomic mass is 10.2. The zero-order valence-corrected chi connectivity index (χ0v) is 13.2. The van der Waals surface area contributed by atoms with Gasteiger partial charge in [0.15, 0.2) is 20.6 Å². The zero-order valence-electron chi connectivity index (χ0n) is 12.4. The standard InChI is InChI=1S/C12H23N5O2S/c1-8(2)17-11(13)10(20(4,18)19)12(15-17)16-6-5-14-9(3)7-16/h8-9,14H,5-7,13H2,1-4H3/t9-/m0/s1. The van der Waals surface area contributed by atoms with Crippen molar-refractivity contribution in [2.45, 2.75) is 37.8 Å². The van der Waals surface area contributed by atoms with Crippen molar-refractivity contribution in [1.82, 2.24) is 15.1 Å². The van der Waals surface area contributed by atoms with Crippen LogP contribution in [0.3, 0.4) is 0 Å². The number of anilines is 2. The molecule has 114 valence electrons. The number of hydrogen-bond acceptors (Lipinski definition) is 6. The van der Waals surface area contributed by atoms with Gasteiger partial charge in [-0.1, -0.05) is 0 Å². The van der Waals surface area contributed by atoms with E-state index < -0.39 is 9.84 Å². The smallest absolute Gasteiger partial charge is 0.182 e. The van der Waals surface area contributed by atoms with Crippen LogP contribution < -0.4 is 16.0 Å². The lowest BCUT2D eigenvalue weighted by Gasteiger charge is -2.32. The van der Waals surface area contributed by atoms with Crippen LogP contribution in [0.25, 0.3) is 0 Å². The normalized spacial score (nSPS) is 20.6. The quantitative estimate of drug-likeness (QED) is 0.831. The van der Waals surface area contributed by atoms with Gasteiger partial charge in [0.25, 0.3) is 0 Å². The minimum atomic E-state index is -3.41. The maximum atomic E-state index is 12.1. The second-order valence-electron chi connectivity index (χ2n) is 5.65. The highest BCUT2D eigenvalue weighted by Crippen LogP contribution is 2.32. The van der Waals surface area contributed by atoms with Crippen molar-refractivity contribution in [2.24, 2.45) is 0 Å². The Morgan fingerprint density at radius 1 is 1.45 bits per heavy atom. The average Bonchev–Trinajstić information content (AvgIpc) is 2.66. The monoisotopic (exact) mass is 301 g/mol. The molecule has 1 aromatic heterocycles. The Balaban J connectivity index is 2.54. The maximum Gasteiger partial charge on any atom is 0.182 e. The van der Waals surface area contributed by atoms with Crippen LogP contribution in [0.4, 0.5) is 11.6 Å². The Morgan fingerprint density at radius 3 is 2.60 bits per heavy atom. The average molecular weight is 301 g/mol. The molecule has 8 heteroatoms. The molecule has 0 radical (unpaired) electrons. The van der Waals surface area contributed by atoms with Crippen LogP contribution in [-0.4, -0.2) is 50.1 Å². The Kier molecular flexibility index (Phi) is 3.97.